The van der Waals surface area contributed by atoms with Crippen LogP contribution >= 0.6 is 31.9 Å². The second kappa shape index (κ2) is 7.98. The maximum Gasteiger partial charge on any atom is 0.138 e. The molecule has 2 nitrogen and oxygen atoms in total. The molecule has 1 N–H and O–H groups in total. The van der Waals surface area contributed by atoms with Gasteiger partial charge in [0.1, 0.15) is 5.75 Å². The predicted molar refractivity (Wildman–Crippen MR) is 95.8 cm³/mol. The predicted octanol–water partition coefficient (Wildman–Crippen LogP) is 5.52. The summed E-state index contributed by atoms with van der Waals surface area (Å²) in [5.74, 6) is 2.52. The third-order valence-electron chi connectivity index (χ3n) is 4.64. The van der Waals surface area contributed by atoms with E-state index in [1.165, 1.54) is 24.8 Å². The minimum Gasteiger partial charge on any atom is -0.492 e. The molecule has 0 saturated heterocycles. The van der Waals surface area contributed by atoms with E-state index < -0.39 is 0 Å². The Kier molecular flexibility index (Phi) is 6.57. The van der Waals surface area contributed by atoms with E-state index in [9.17, 15) is 0 Å². The number of rotatable bonds is 5. The molecule has 1 aliphatic rings. The topological polar surface area (TPSA) is 21.3 Å². The summed E-state index contributed by atoms with van der Waals surface area (Å²) in [6.45, 7) is 8.32. The normalized spacial score (nSPS) is 25.9. The van der Waals surface area contributed by atoms with Gasteiger partial charge < -0.3 is 10.1 Å². The number of ether oxygens (including phenoxy) is 1. The summed E-state index contributed by atoms with van der Waals surface area (Å²) < 4.78 is 7.90. The molecule has 0 aromatic heterocycles. The molecule has 0 heterocycles. The van der Waals surface area contributed by atoms with Gasteiger partial charge in [0.2, 0.25) is 0 Å². The minimum absolute atomic E-state index is 0.612. The summed E-state index contributed by atoms with van der Waals surface area (Å²) >= 11 is 7.18. The van der Waals surface area contributed by atoms with Gasteiger partial charge in [0.05, 0.1) is 11.1 Å². The maximum absolute atomic E-state index is 5.80. The summed E-state index contributed by atoms with van der Waals surface area (Å²) in [7, 11) is 0. The molecule has 2 rings (SSSR count). The third kappa shape index (κ3) is 4.46. The van der Waals surface area contributed by atoms with Gasteiger partial charge in [-0.05, 0) is 53.2 Å². The van der Waals surface area contributed by atoms with Crippen molar-refractivity contribution in [1.82, 2.24) is 5.32 Å². The molecule has 1 fully saturated rings. The Balaban J connectivity index is 2.08. The maximum atomic E-state index is 5.80. The van der Waals surface area contributed by atoms with E-state index in [1.807, 2.05) is 13.0 Å². The first-order valence-corrected chi connectivity index (χ1v) is 9.45. The van der Waals surface area contributed by atoms with E-state index in [-0.39, 0.29) is 0 Å². The standard InChI is InChI=1S/C17H25Br2NO/c1-4-21-17-13(8-14(18)9-15(17)19)10-20-16-7-5-6-11(2)12(16)3/h8-9,11-12,16,20H,4-7,10H2,1-3H3. The van der Waals surface area contributed by atoms with Crippen molar-refractivity contribution < 1.29 is 4.74 Å². The van der Waals surface area contributed by atoms with Crippen LogP contribution in [0.2, 0.25) is 0 Å². The van der Waals surface area contributed by atoms with Gasteiger partial charge in [-0.3, -0.25) is 0 Å². The van der Waals surface area contributed by atoms with Crippen molar-refractivity contribution in [3.8, 4) is 5.75 Å². The molecule has 1 aromatic carbocycles. The Bertz CT molecular complexity index is 478. The lowest BCUT2D eigenvalue weighted by Crippen LogP contribution is -2.40. The Labute approximate surface area is 145 Å². The molecular formula is C17H25Br2NO. The second-order valence-corrected chi connectivity index (χ2v) is 7.83. The van der Waals surface area contributed by atoms with Gasteiger partial charge in [-0.1, -0.05) is 42.6 Å². The SMILES string of the molecule is CCOc1c(Br)cc(Br)cc1CNC1CCCC(C)C1C. The molecule has 118 valence electrons. The van der Waals surface area contributed by atoms with Crippen LogP contribution in [0, 0.1) is 11.8 Å². The number of benzene rings is 1. The second-order valence-electron chi connectivity index (χ2n) is 6.06. The summed E-state index contributed by atoms with van der Waals surface area (Å²) in [4.78, 5) is 0. The zero-order chi connectivity index (χ0) is 15.4. The molecule has 3 atom stereocenters. The van der Waals surface area contributed by atoms with E-state index in [4.69, 9.17) is 4.74 Å². The average molecular weight is 419 g/mol. The molecule has 0 aliphatic heterocycles. The van der Waals surface area contributed by atoms with Crippen LogP contribution in [-0.4, -0.2) is 12.6 Å². The first kappa shape index (κ1) is 17.3. The molecular weight excluding hydrogens is 394 g/mol. The summed E-state index contributed by atoms with van der Waals surface area (Å²) in [5, 5.41) is 3.75. The van der Waals surface area contributed by atoms with Crippen molar-refractivity contribution in [2.75, 3.05) is 6.61 Å². The smallest absolute Gasteiger partial charge is 0.138 e. The number of hydrogen-bond donors (Lipinski definition) is 1. The molecule has 1 aromatic rings. The highest BCUT2D eigenvalue weighted by Gasteiger charge is 2.26. The Morgan fingerprint density at radius 1 is 1.24 bits per heavy atom. The fourth-order valence-electron chi connectivity index (χ4n) is 3.16. The quantitative estimate of drug-likeness (QED) is 0.679. The Hall–Kier alpha value is -0.0600. The Morgan fingerprint density at radius 3 is 2.71 bits per heavy atom. The monoisotopic (exact) mass is 417 g/mol. The fourth-order valence-corrected chi connectivity index (χ4v) is 4.59. The molecule has 0 radical (unpaired) electrons. The zero-order valence-electron chi connectivity index (χ0n) is 13.1. The van der Waals surface area contributed by atoms with E-state index in [2.05, 4.69) is 57.1 Å². The molecule has 1 aliphatic carbocycles. The number of halogens is 2. The lowest BCUT2D eigenvalue weighted by atomic mass is 9.78. The molecule has 21 heavy (non-hydrogen) atoms. The van der Waals surface area contributed by atoms with Crippen LogP contribution in [0.3, 0.4) is 0 Å². The van der Waals surface area contributed by atoms with E-state index in [0.29, 0.717) is 12.6 Å². The van der Waals surface area contributed by atoms with Crippen LogP contribution in [0.1, 0.15) is 45.6 Å². The minimum atomic E-state index is 0.612. The summed E-state index contributed by atoms with van der Waals surface area (Å²) in [6.07, 6.45) is 3.99. The van der Waals surface area contributed by atoms with Gasteiger partial charge in [0.25, 0.3) is 0 Å². The molecule has 3 unspecified atom stereocenters. The van der Waals surface area contributed by atoms with Gasteiger partial charge in [-0.15, -0.1) is 0 Å². The Morgan fingerprint density at radius 2 is 2.00 bits per heavy atom. The van der Waals surface area contributed by atoms with Crippen molar-refractivity contribution in [2.24, 2.45) is 11.8 Å². The molecule has 1 saturated carbocycles. The van der Waals surface area contributed by atoms with Gasteiger partial charge in [-0.25, -0.2) is 0 Å². The van der Waals surface area contributed by atoms with Crippen molar-refractivity contribution in [3.05, 3.63) is 26.6 Å². The average Bonchev–Trinajstić information content (AvgIpc) is 2.44. The van der Waals surface area contributed by atoms with Crippen molar-refractivity contribution in [2.45, 2.75) is 52.6 Å². The van der Waals surface area contributed by atoms with Crippen LogP contribution in [0.15, 0.2) is 21.1 Å². The van der Waals surface area contributed by atoms with E-state index >= 15 is 0 Å². The van der Waals surface area contributed by atoms with Crippen molar-refractivity contribution >= 4 is 31.9 Å². The van der Waals surface area contributed by atoms with E-state index in [0.717, 1.165) is 33.1 Å². The highest BCUT2D eigenvalue weighted by atomic mass is 79.9. The first-order chi connectivity index (χ1) is 10.0. The number of hydrogen-bond acceptors (Lipinski definition) is 2. The van der Waals surface area contributed by atoms with Crippen molar-refractivity contribution in [3.63, 3.8) is 0 Å². The number of nitrogens with one attached hydrogen (secondary N) is 1. The van der Waals surface area contributed by atoms with Gasteiger partial charge in [0.15, 0.2) is 0 Å². The molecule has 4 heteroatoms. The van der Waals surface area contributed by atoms with Crippen LogP contribution in [0.4, 0.5) is 0 Å². The molecule has 0 bridgehead atoms. The van der Waals surface area contributed by atoms with Crippen LogP contribution in [-0.2, 0) is 6.54 Å². The molecule has 0 spiro atoms. The van der Waals surface area contributed by atoms with E-state index in [1.54, 1.807) is 0 Å². The van der Waals surface area contributed by atoms with Crippen LogP contribution in [0.25, 0.3) is 0 Å². The largest absolute Gasteiger partial charge is 0.492 e. The lowest BCUT2D eigenvalue weighted by molar-refractivity contribution is 0.205. The molecule has 0 amide bonds. The highest BCUT2D eigenvalue weighted by Crippen LogP contribution is 2.34. The van der Waals surface area contributed by atoms with Crippen LogP contribution in [0.5, 0.6) is 5.75 Å². The van der Waals surface area contributed by atoms with Crippen LogP contribution < -0.4 is 10.1 Å². The lowest BCUT2D eigenvalue weighted by Gasteiger charge is -2.35. The zero-order valence-corrected chi connectivity index (χ0v) is 16.3. The summed E-state index contributed by atoms with van der Waals surface area (Å²) in [6, 6.07) is 4.81. The summed E-state index contributed by atoms with van der Waals surface area (Å²) in [5.41, 5.74) is 1.21. The third-order valence-corrected chi connectivity index (χ3v) is 5.68. The van der Waals surface area contributed by atoms with Gasteiger partial charge in [-0.2, -0.15) is 0 Å². The van der Waals surface area contributed by atoms with Crippen molar-refractivity contribution in [1.29, 1.82) is 0 Å². The fraction of sp³-hybridized carbons (Fsp3) is 0.647. The highest BCUT2D eigenvalue weighted by molar-refractivity contribution is 9.11. The van der Waals surface area contributed by atoms with Gasteiger partial charge >= 0.3 is 0 Å². The first-order valence-electron chi connectivity index (χ1n) is 7.87. The van der Waals surface area contributed by atoms with Gasteiger partial charge in [0, 0.05) is 22.6 Å².